The Morgan fingerprint density at radius 3 is 2.59 bits per heavy atom. The largest absolute Gasteiger partial charge is 0.348 e. The molecule has 2 unspecified atom stereocenters. The number of benzene rings is 1. The van der Waals surface area contributed by atoms with Crippen LogP contribution in [0.1, 0.15) is 29.6 Å². The zero-order valence-electron chi connectivity index (χ0n) is 9.98. The lowest BCUT2D eigenvalue weighted by Crippen LogP contribution is -2.43. The molecule has 3 nitrogen and oxygen atoms in total. The van der Waals surface area contributed by atoms with Gasteiger partial charge in [0.05, 0.1) is 0 Å². The Morgan fingerprint density at radius 1 is 1.35 bits per heavy atom. The van der Waals surface area contributed by atoms with E-state index in [1.807, 2.05) is 30.5 Å². The number of nitrogens with one attached hydrogen (secondary N) is 1. The van der Waals surface area contributed by atoms with E-state index in [4.69, 9.17) is 5.73 Å². The summed E-state index contributed by atoms with van der Waals surface area (Å²) in [4.78, 5) is 13.1. The maximum absolute atomic E-state index is 12.0. The van der Waals surface area contributed by atoms with Gasteiger partial charge < -0.3 is 11.1 Å². The Hall–Kier alpha value is -1.00. The van der Waals surface area contributed by atoms with Gasteiger partial charge in [-0.3, -0.25) is 4.79 Å². The molecule has 1 aromatic rings. The molecule has 1 fully saturated rings. The summed E-state index contributed by atoms with van der Waals surface area (Å²) in [7, 11) is 0. The van der Waals surface area contributed by atoms with E-state index >= 15 is 0 Å². The topological polar surface area (TPSA) is 55.1 Å². The third-order valence-electron chi connectivity index (χ3n) is 3.24. The van der Waals surface area contributed by atoms with Crippen molar-refractivity contribution < 1.29 is 4.79 Å². The molecule has 0 aromatic heterocycles. The van der Waals surface area contributed by atoms with Crippen LogP contribution < -0.4 is 11.1 Å². The van der Waals surface area contributed by atoms with Crippen molar-refractivity contribution in [3.05, 3.63) is 29.8 Å². The van der Waals surface area contributed by atoms with Crippen LogP contribution in [-0.2, 0) is 0 Å². The molecule has 0 radical (unpaired) electrons. The van der Waals surface area contributed by atoms with E-state index in [0.29, 0.717) is 5.56 Å². The molecule has 1 saturated carbocycles. The minimum absolute atomic E-state index is 0.0139. The number of carbonyl (C=O) groups excluding carboxylic acids is 1. The van der Waals surface area contributed by atoms with Gasteiger partial charge in [-0.25, -0.2) is 0 Å². The van der Waals surface area contributed by atoms with Crippen LogP contribution in [0.4, 0.5) is 0 Å². The monoisotopic (exact) mass is 250 g/mol. The predicted molar refractivity (Wildman–Crippen MR) is 71.3 cm³/mol. The van der Waals surface area contributed by atoms with Crippen LogP contribution in [0.5, 0.6) is 0 Å². The summed E-state index contributed by atoms with van der Waals surface area (Å²) in [5.41, 5.74) is 6.64. The first kappa shape index (κ1) is 12.5. The van der Waals surface area contributed by atoms with Gasteiger partial charge in [-0.15, -0.1) is 11.8 Å². The summed E-state index contributed by atoms with van der Waals surface area (Å²) in [5.74, 6) is -0.0139. The van der Waals surface area contributed by atoms with Crippen LogP contribution in [0.3, 0.4) is 0 Å². The van der Waals surface area contributed by atoms with Crippen molar-refractivity contribution in [3.8, 4) is 0 Å². The second-order valence-corrected chi connectivity index (χ2v) is 5.28. The molecule has 0 saturated heterocycles. The van der Waals surface area contributed by atoms with E-state index in [2.05, 4.69) is 5.32 Å². The van der Waals surface area contributed by atoms with Crippen molar-refractivity contribution in [1.29, 1.82) is 0 Å². The summed E-state index contributed by atoms with van der Waals surface area (Å²) < 4.78 is 0. The molecule has 1 aliphatic rings. The summed E-state index contributed by atoms with van der Waals surface area (Å²) in [6.45, 7) is 0. The molecule has 0 aliphatic heterocycles. The van der Waals surface area contributed by atoms with Gasteiger partial charge in [0.15, 0.2) is 0 Å². The number of hydrogen-bond donors (Lipinski definition) is 2. The van der Waals surface area contributed by atoms with E-state index < -0.39 is 0 Å². The van der Waals surface area contributed by atoms with Gasteiger partial charge >= 0.3 is 0 Å². The number of carbonyl (C=O) groups is 1. The van der Waals surface area contributed by atoms with Gasteiger partial charge in [-0.2, -0.15) is 0 Å². The van der Waals surface area contributed by atoms with Crippen LogP contribution in [0.15, 0.2) is 29.2 Å². The van der Waals surface area contributed by atoms with Gasteiger partial charge in [0, 0.05) is 22.5 Å². The molecule has 0 heterocycles. The van der Waals surface area contributed by atoms with Crippen molar-refractivity contribution >= 4 is 17.7 Å². The van der Waals surface area contributed by atoms with Crippen molar-refractivity contribution in [1.82, 2.24) is 5.32 Å². The van der Waals surface area contributed by atoms with Gasteiger partial charge in [-0.1, -0.05) is 0 Å². The molecular weight excluding hydrogens is 232 g/mol. The van der Waals surface area contributed by atoms with Crippen molar-refractivity contribution in [3.63, 3.8) is 0 Å². The zero-order valence-corrected chi connectivity index (χ0v) is 10.8. The lowest BCUT2D eigenvalue weighted by atomic mass is 10.1. The van der Waals surface area contributed by atoms with Crippen LogP contribution >= 0.6 is 11.8 Å². The highest BCUT2D eigenvalue weighted by Gasteiger charge is 2.25. The quantitative estimate of drug-likeness (QED) is 0.807. The fourth-order valence-corrected chi connectivity index (χ4v) is 2.57. The van der Waals surface area contributed by atoms with Crippen LogP contribution in [-0.4, -0.2) is 24.2 Å². The van der Waals surface area contributed by atoms with Gasteiger partial charge in [0.1, 0.15) is 0 Å². The minimum atomic E-state index is -0.0139. The smallest absolute Gasteiger partial charge is 0.251 e. The third-order valence-corrected chi connectivity index (χ3v) is 3.98. The number of hydrogen-bond acceptors (Lipinski definition) is 3. The van der Waals surface area contributed by atoms with Gasteiger partial charge in [-0.05, 0) is 49.8 Å². The Labute approximate surface area is 106 Å². The lowest BCUT2D eigenvalue weighted by molar-refractivity contribution is 0.0934. The average molecular weight is 250 g/mol. The summed E-state index contributed by atoms with van der Waals surface area (Å²) in [6, 6.07) is 7.91. The Kier molecular flexibility index (Phi) is 4.07. The molecule has 2 rings (SSSR count). The summed E-state index contributed by atoms with van der Waals surface area (Å²) in [5, 5.41) is 3.01. The Bertz CT molecular complexity index is 391. The van der Waals surface area contributed by atoms with Crippen molar-refractivity contribution in [2.45, 2.75) is 36.2 Å². The molecule has 4 heteroatoms. The van der Waals surface area contributed by atoms with Crippen LogP contribution in [0.2, 0.25) is 0 Å². The van der Waals surface area contributed by atoms with E-state index in [9.17, 15) is 4.79 Å². The second-order valence-electron chi connectivity index (χ2n) is 4.40. The fraction of sp³-hybridized carbons (Fsp3) is 0.462. The van der Waals surface area contributed by atoms with Gasteiger partial charge in [0.25, 0.3) is 5.91 Å². The third kappa shape index (κ3) is 3.01. The first-order chi connectivity index (χ1) is 8.20. The van der Waals surface area contributed by atoms with E-state index in [0.717, 1.165) is 19.3 Å². The zero-order chi connectivity index (χ0) is 12.3. The molecule has 2 atom stereocenters. The Balaban J connectivity index is 1.99. The van der Waals surface area contributed by atoms with E-state index in [1.165, 1.54) is 4.90 Å². The highest BCUT2D eigenvalue weighted by atomic mass is 32.2. The van der Waals surface area contributed by atoms with Crippen molar-refractivity contribution in [2.24, 2.45) is 5.73 Å². The second kappa shape index (κ2) is 5.56. The lowest BCUT2D eigenvalue weighted by Gasteiger charge is -2.17. The normalized spacial score (nSPS) is 23.6. The maximum atomic E-state index is 12.0. The summed E-state index contributed by atoms with van der Waals surface area (Å²) in [6.07, 6.45) is 5.14. The van der Waals surface area contributed by atoms with Crippen LogP contribution in [0, 0.1) is 0 Å². The SMILES string of the molecule is CSc1ccc(C(=O)NC2CCCC2N)cc1. The molecule has 1 aliphatic carbocycles. The summed E-state index contributed by atoms with van der Waals surface area (Å²) >= 11 is 1.67. The standard InChI is InChI=1S/C13H18N2OS/c1-17-10-7-5-9(6-8-10)13(16)15-12-4-2-3-11(12)14/h5-8,11-12H,2-4,14H2,1H3,(H,15,16). The average Bonchev–Trinajstić information content (AvgIpc) is 2.75. The first-order valence-electron chi connectivity index (χ1n) is 5.91. The molecule has 0 spiro atoms. The van der Waals surface area contributed by atoms with Crippen molar-refractivity contribution in [2.75, 3.05) is 6.26 Å². The molecule has 3 N–H and O–H groups in total. The molecule has 17 heavy (non-hydrogen) atoms. The first-order valence-corrected chi connectivity index (χ1v) is 7.13. The van der Waals surface area contributed by atoms with E-state index in [-0.39, 0.29) is 18.0 Å². The molecule has 1 amide bonds. The number of amides is 1. The van der Waals surface area contributed by atoms with Crippen LogP contribution in [0.25, 0.3) is 0 Å². The molecule has 1 aromatic carbocycles. The molecule has 92 valence electrons. The highest BCUT2D eigenvalue weighted by molar-refractivity contribution is 7.98. The number of nitrogens with two attached hydrogens (primary N) is 1. The fourth-order valence-electron chi connectivity index (χ4n) is 2.16. The maximum Gasteiger partial charge on any atom is 0.251 e. The molecule has 0 bridgehead atoms. The minimum Gasteiger partial charge on any atom is -0.348 e. The van der Waals surface area contributed by atoms with Gasteiger partial charge in [0.2, 0.25) is 0 Å². The highest BCUT2D eigenvalue weighted by Crippen LogP contribution is 2.18. The van der Waals surface area contributed by atoms with E-state index in [1.54, 1.807) is 11.8 Å². The predicted octanol–water partition coefficient (Wildman–Crippen LogP) is 2.02. The number of rotatable bonds is 3. The number of thioether (sulfide) groups is 1. The Morgan fingerprint density at radius 2 is 2.06 bits per heavy atom. The molecular formula is C13H18N2OS.